The number of nitrogens with zero attached hydrogens (tertiary/aromatic N) is 1. The van der Waals surface area contributed by atoms with Crippen LogP contribution in [-0.4, -0.2) is 4.57 Å². The van der Waals surface area contributed by atoms with Crippen LogP contribution in [0.1, 0.15) is 39.0 Å². The third-order valence-corrected chi connectivity index (χ3v) is 3.37. The van der Waals surface area contributed by atoms with Crippen LogP contribution in [-0.2, 0) is 0 Å². The van der Waals surface area contributed by atoms with Crippen molar-refractivity contribution in [2.24, 2.45) is 0 Å². The molecule has 0 saturated carbocycles. The number of rotatable bonds is 5. The summed E-state index contributed by atoms with van der Waals surface area (Å²) in [5.74, 6) is 0. The Bertz CT molecular complexity index is 719. The maximum absolute atomic E-state index is 4.00. The molecule has 1 heterocycles. The molecule has 0 N–H and O–H groups in total. The third kappa shape index (κ3) is 3.25. The first-order valence-electron chi connectivity index (χ1n) is 7.28. The van der Waals surface area contributed by atoms with Crippen LogP contribution < -0.4 is 10.6 Å². The minimum absolute atomic E-state index is 1.11. The summed E-state index contributed by atoms with van der Waals surface area (Å²) in [6.45, 7) is 16.0. The molecule has 0 bridgehead atoms. The molecule has 1 heteroatoms. The fourth-order valence-corrected chi connectivity index (χ4v) is 2.52. The third-order valence-electron chi connectivity index (χ3n) is 3.37. The normalized spacial score (nSPS) is 14.6. The van der Waals surface area contributed by atoms with Crippen LogP contribution in [0, 0.1) is 0 Å². The fourth-order valence-electron chi connectivity index (χ4n) is 2.52. The van der Waals surface area contributed by atoms with E-state index in [2.05, 4.69) is 68.0 Å². The molecule has 0 unspecified atom stereocenters. The largest absolute Gasteiger partial charge is 0.310 e. The van der Waals surface area contributed by atoms with Gasteiger partial charge in [0.15, 0.2) is 0 Å². The topological polar surface area (TPSA) is 4.93 Å². The van der Waals surface area contributed by atoms with Crippen molar-refractivity contribution >= 4 is 30.0 Å². The highest BCUT2D eigenvalue weighted by atomic mass is 15.0. The van der Waals surface area contributed by atoms with Crippen molar-refractivity contribution in [1.29, 1.82) is 0 Å². The van der Waals surface area contributed by atoms with E-state index in [4.69, 9.17) is 0 Å². The Balaban J connectivity index is 3.94. The highest BCUT2D eigenvalue weighted by Gasteiger charge is 2.11. The van der Waals surface area contributed by atoms with Crippen LogP contribution in [0.15, 0.2) is 43.5 Å². The molecule has 1 aromatic rings. The second kappa shape index (κ2) is 8.11. The number of aromatic nitrogens is 1. The Labute approximate surface area is 128 Å². The number of hydrogen-bond donors (Lipinski definition) is 0. The number of allylic oxidation sites excluding steroid dienone is 6. The summed E-state index contributed by atoms with van der Waals surface area (Å²) in [7, 11) is 0. The molecule has 0 atom stereocenters. The van der Waals surface area contributed by atoms with E-state index in [-0.39, 0.29) is 0 Å². The van der Waals surface area contributed by atoms with Crippen molar-refractivity contribution < 1.29 is 0 Å². The average molecular weight is 279 g/mol. The zero-order valence-electron chi connectivity index (χ0n) is 13.6. The Kier molecular flexibility index (Phi) is 6.48. The highest BCUT2D eigenvalue weighted by Crippen LogP contribution is 2.14. The molecule has 0 spiro atoms. The molecule has 0 radical (unpaired) electrons. The predicted octanol–water partition coefficient (Wildman–Crippen LogP) is 4.37. The minimum Gasteiger partial charge on any atom is -0.310 e. The molecule has 0 amide bonds. The molecule has 0 saturated heterocycles. The lowest BCUT2D eigenvalue weighted by atomic mass is 10.1. The number of hydrogen-bond acceptors (Lipinski definition) is 0. The van der Waals surface area contributed by atoms with Gasteiger partial charge in [0.25, 0.3) is 0 Å². The fraction of sp³-hybridized carbons (Fsp3) is 0.200. The Morgan fingerprint density at radius 1 is 1.05 bits per heavy atom. The molecule has 110 valence electrons. The molecule has 21 heavy (non-hydrogen) atoms. The average Bonchev–Trinajstić information content (AvgIpc) is 2.81. The van der Waals surface area contributed by atoms with E-state index in [0.717, 1.165) is 11.4 Å². The van der Waals surface area contributed by atoms with Crippen LogP contribution in [0.25, 0.3) is 30.0 Å². The summed E-state index contributed by atoms with van der Waals surface area (Å²) >= 11 is 0. The highest BCUT2D eigenvalue weighted by molar-refractivity contribution is 5.71. The summed E-state index contributed by atoms with van der Waals surface area (Å²) in [6.07, 6.45) is 18.3. The summed E-state index contributed by atoms with van der Waals surface area (Å²) < 4.78 is 2.23. The SMILES string of the molecule is C=C/C=C\C(=C/C)n1c(C=C)c(/C=C\C)c(=C/C)/c1=C\C. The van der Waals surface area contributed by atoms with E-state index in [0.29, 0.717) is 0 Å². The van der Waals surface area contributed by atoms with E-state index < -0.39 is 0 Å². The van der Waals surface area contributed by atoms with Crippen LogP contribution in [0.4, 0.5) is 0 Å². The Morgan fingerprint density at radius 3 is 2.19 bits per heavy atom. The van der Waals surface area contributed by atoms with E-state index in [1.807, 2.05) is 26.0 Å². The van der Waals surface area contributed by atoms with Crippen LogP contribution in [0.5, 0.6) is 0 Å². The van der Waals surface area contributed by atoms with Crippen molar-refractivity contribution in [3.63, 3.8) is 0 Å². The van der Waals surface area contributed by atoms with Gasteiger partial charge >= 0.3 is 0 Å². The molecular formula is C20H25N. The predicted molar refractivity (Wildman–Crippen MR) is 98.0 cm³/mol. The van der Waals surface area contributed by atoms with Gasteiger partial charge in [-0.2, -0.15) is 0 Å². The molecule has 1 rings (SSSR count). The second-order valence-electron chi connectivity index (χ2n) is 4.52. The van der Waals surface area contributed by atoms with Gasteiger partial charge in [0.05, 0.1) is 5.69 Å². The van der Waals surface area contributed by atoms with Gasteiger partial charge < -0.3 is 4.57 Å². The standard InChI is InChI=1S/C20H25N/c1-7-13-15-16(9-3)21-19(11-5)17(10-4)18(14-8-2)20(21)12-6/h7-15H,1,6H2,2-5H3/b14-8-,15-13-,16-9+,17-10-,19-11+. The van der Waals surface area contributed by atoms with Crippen molar-refractivity contribution in [3.05, 3.63) is 65.4 Å². The first kappa shape index (κ1) is 16.8. The molecule has 0 aliphatic carbocycles. The zero-order valence-corrected chi connectivity index (χ0v) is 13.6. The molecule has 1 aromatic heterocycles. The van der Waals surface area contributed by atoms with Gasteiger partial charge in [0.1, 0.15) is 0 Å². The first-order valence-corrected chi connectivity index (χ1v) is 7.28. The van der Waals surface area contributed by atoms with Gasteiger partial charge in [-0.15, -0.1) is 0 Å². The first-order chi connectivity index (χ1) is 10.2. The zero-order chi connectivity index (χ0) is 15.8. The van der Waals surface area contributed by atoms with E-state index >= 15 is 0 Å². The van der Waals surface area contributed by atoms with Gasteiger partial charge in [0.2, 0.25) is 0 Å². The maximum atomic E-state index is 4.00. The summed E-state index contributed by atoms with van der Waals surface area (Å²) in [5, 5.41) is 2.42. The van der Waals surface area contributed by atoms with E-state index in [1.165, 1.54) is 16.1 Å². The summed E-state index contributed by atoms with van der Waals surface area (Å²) in [4.78, 5) is 0. The van der Waals surface area contributed by atoms with Crippen LogP contribution >= 0.6 is 0 Å². The van der Waals surface area contributed by atoms with Crippen molar-refractivity contribution in [2.75, 3.05) is 0 Å². The van der Waals surface area contributed by atoms with Gasteiger partial charge in [0, 0.05) is 21.8 Å². The molecule has 1 nitrogen and oxygen atoms in total. The monoisotopic (exact) mass is 279 g/mol. The summed E-state index contributed by atoms with van der Waals surface area (Å²) in [6, 6.07) is 0. The van der Waals surface area contributed by atoms with Crippen molar-refractivity contribution in [1.82, 2.24) is 4.57 Å². The van der Waals surface area contributed by atoms with Crippen LogP contribution in [0.2, 0.25) is 0 Å². The second-order valence-corrected chi connectivity index (χ2v) is 4.52. The lowest BCUT2D eigenvalue weighted by Crippen LogP contribution is -2.29. The van der Waals surface area contributed by atoms with Crippen molar-refractivity contribution in [3.8, 4) is 0 Å². The van der Waals surface area contributed by atoms with Gasteiger partial charge in [-0.05, 0) is 39.8 Å². The molecular weight excluding hydrogens is 254 g/mol. The van der Waals surface area contributed by atoms with Crippen molar-refractivity contribution in [2.45, 2.75) is 27.7 Å². The van der Waals surface area contributed by atoms with Crippen LogP contribution in [0.3, 0.4) is 0 Å². The van der Waals surface area contributed by atoms with Gasteiger partial charge in [-0.25, -0.2) is 0 Å². The quantitative estimate of drug-likeness (QED) is 0.705. The molecule has 0 aliphatic heterocycles. The Morgan fingerprint density at radius 2 is 1.76 bits per heavy atom. The maximum Gasteiger partial charge on any atom is 0.0534 e. The lowest BCUT2D eigenvalue weighted by Gasteiger charge is -2.09. The molecule has 0 fully saturated rings. The van der Waals surface area contributed by atoms with Gasteiger partial charge in [-0.1, -0.05) is 55.7 Å². The molecule has 0 aliphatic rings. The smallest absolute Gasteiger partial charge is 0.0534 e. The van der Waals surface area contributed by atoms with E-state index in [1.54, 1.807) is 6.08 Å². The van der Waals surface area contributed by atoms with E-state index in [9.17, 15) is 0 Å². The lowest BCUT2D eigenvalue weighted by molar-refractivity contribution is 1.05. The minimum atomic E-state index is 1.11. The van der Waals surface area contributed by atoms with Gasteiger partial charge in [-0.3, -0.25) is 0 Å². The molecule has 0 aromatic carbocycles. The Hall–Kier alpha value is -2.28. The summed E-state index contributed by atoms with van der Waals surface area (Å²) in [5.41, 5.74) is 3.42.